The lowest BCUT2D eigenvalue weighted by atomic mass is 10.1. The summed E-state index contributed by atoms with van der Waals surface area (Å²) in [6.45, 7) is 0.722. The highest BCUT2D eigenvalue weighted by molar-refractivity contribution is 9.10. The van der Waals surface area contributed by atoms with E-state index in [0.717, 1.165) is 29.4 Å². The molecule has 2 N–H and O–H groups in total. The Bertz CT molecular complexity index is 684. The van der Waals surface area contributed by atoms with E-state index in [-0.39, 0.29) is 0 Å². The van der Waals surface area contributed by atoms with Crippen molar-refractivity contribution in [1.29, 1.82) is 0 Å². The van der Waals surface area contributed by atoms with E-state index < -0.39 is 5.97 Å². The third-order valence-corrected chi connectivity index (χ3v) is 4.71. The molecule has 2 aromatic carbocycles. The molecule has 3 nitrogen and oxygen atoms in total. The van der Waals surface area contributed by atoms with Crippen LogP contribution in [0.25, 0.3) is 0 Å². The minimum absolute atomic E-state index is 0.303. The molecular weight excluding hydrogens is 330 g/mol. The number of carbonyl (C=O) groups is 1. The van der Waals surface area contributed by atoms with Gasteiger partial charge in [-0.05, 0) is 41.7 Å². The first-order valence-corrected chi connectivity index (χ1v) is 7.77. The van der Waals surface area contributed by atoms with E-state index in [1.807, 2.05) is 6.07 Å². The van der Waals surface area contributed by atoms with Gasteiger partial charge in [-0.2, -0.15) is 0 Å². The van der Waals surface area contributed by atoms with Crippen molar-refractivity contribution in [3.63, 3.8) is 0 Å². The molecule has 0 fully saturated rings. The highest BCUT2D eigenvalue weighted by atomic mass is 79.9. The topological polar surface area (TPSA) is 49.3 Å². The number of rotatable bonds is 4. The Morgan fingerprint density at radius 2 is 2.10 bits per heavy atom. The van der Waals surface area contributed by atoms with Gasteiger partial charge >= 0.3 is 5.97 Å². The summed E-state index contributed by atoms with van der Waals surface area (Å²) in [6.07, 6.45) is 2.23. The first-order valence-electron chi connectivity index (χ1n) is 6.98. The van der Waals surface area contributed by atoms with E-state index in [1.54, 1.807) is 12.1 Å². The molecule has 0 spiro atoms. The Labute approximate surface area is 132 Å². The van der Waals surface area contributed by atoms with Gasteiger partial charge in [-0.15, -0.1) is 0 Å². The molecule has 2 aromatic rings. The van der Waals surface area contributed by atoms with Crippen molar-refractivity contribution < 1.29 is 9.90 Å². The Morgan fingerprint density at radius 1 is 1.29 bits per heavy atom. The number of carboxylic acid groups (broad SMARTS) is 1. The zero-order valence-electron chi connectivity index (χ0n) is 11.5. The van der Waals surface area contributed by atoms with Gasteiger partial charge in [0.05, 0.1) is 5.56 Å². The first kappa shape index (κ1) is 14.3. The standard InChI is InChI=1S/C17H16BrNO2/c18-15-9-12(17(20)21)5-6-13(15)10-19-16-8-7-11-3-1-2-4-14(11)16/h1-6,9,16,19H,7-8,10H2,(H,20,21). The van der Waals surface area contributed by atoms with Gasteiger partial charge in [0.15, 0.2) is 0 Å². The van der Waals surface area contributed by atoms with E-state index in [9.17, 15) is 4.79 Å². The number of hydrogen-bond donors (Lipinski definition) is 2. The number of aryl methyl sites for hydroxylation is 1. The zero-order chi connectivity index (χ0) is 14.8. The third kappa shape index (κ3) is 3.01. The van der Waals surface area contributed by atoms with E-state index in [4.69, 9.17) is 5.11 Å². The second-order valence-electron chi connectivity index (χ2n) is 5.28. The minimum Gasteiger partial charge on any atom is -0.478 e. The highest BCUT2D eigenvalue weighted by Gasteiger charge is 2.21. The van der Waals surface area contributed by atoms with Crippen LogP contribution in [0, 0.1) is 0 Å². The largest absolute Gasteiger partial charge is 0.478 e. The fourth-order valence-corrected chi connectivity index (χ4v) is 3.35. The second-order valence-corrected chi connectivity index (χ2v) is 6.14. The van der Waals surface area contributed by atoms with Gasteiger partial charge in [0.2, 0.25) is 0 Å². The molecule has 1 unspecified atom stereocenters. The molecule has 0 aliphatic heterocycles. The summed E-state index contributed by atoms with van der Waals surface area (Å²) in [5.74, 6) is -0.903. The molecular formula is C17H16BrNO2. The molecule has 1 atom stereocenters. The molecule has 0 saturated heterocycles. The van der Waals surface area contributed by atoms with Gasteiger partial charge in [0.1, 0.15) is 0 Å². The molecule has 0 amide bonds. The molecule has 21 heavy (non-hydrogen) atoms. The summed E-state index contributed by atoms with van der Waals surface area (Å²) >= 11 is 3.45. The predicted molar refractivity (Wildman–Crippen MR) is 85.4 cm³/mol. The smallest absolute Gasteiger partial charge is 0.335 e. The Balaban J connectivity index is 1.70. The molecule has 108 valence electrons. The molecule has 0 bridgehead atoms. The molecule has 0 radical (unpaired) electrons. The van der Waals surface area contributed by atoms with Crippen LogP contribution >= 0.6 is 15.9 Å². The minimum atomic E-state index is -0.903. The summed E-state index contributed by atoms with van der Waals surface area (Å²) < 4.78 is 0.834. The lowest BCUT2D eigenvalue weighted by Gasteiger charge is -2.15. The van der Waals surface area contributed by atoms with Crippen molar-refractivity contribution >= 4 is 21.9 Å². The summed E-state index contributed by atoms with van der Waals surface area (Å²) in [7, 11) is 0. The molecule has 0 heterocycles. The van der Waals surface area contributed by atoms with Crippen LogP contribution < -0.4 is 5.32 Å². The third-order valence-electron chi connectivity index (χ3n) is 3.97. The number of fused-ring (bicyclic) bond motifs is 1. The summed E-state index contributed by atoms with van der Waals surface area (Å²) in [5, 5.41) is 12.5. The lowest BCUT2D eigenvalue weighted by molar-refractivity contribution is 0.0697. The number of aromatic carboxylic acids is 1. The molecule has 0 aromatic heterocycles. The van der Waals surface area contributed by atoms with Crippen LogP contribution in [0.15, 0.2) is 46.9 Å². The van der Waals surface area contributed by atoms with Crippen LogP contribution in [-0.2, 0) is 13.0 Å². The van der Waals surface area contributed by atoms with E-state index >= 15 is 0 Å². The van der Waals surface area contributed by atoms with E-state index in [1.165, 1.54) is 11.1 Å². The predicted octanol–water partition coefficient (Wildman–Crippen LogP) is 3.92. The van der Waals surface area contributed by atoms with Crippen molar-refractivity contribution in [3.05, 3.63) is 69.2 Å². The maximum absolute atomic E-state index is 10.9. The Kier molecular flexibility index (Phi) is 4.08. The van der Waals surface area contributed by atoms with Gasteiger partial charge in [0, 0.05) is 17.1 Å². The maximum atomic E-state index is 10.9. The van der Waals surface area contributed by atoms with Crippen molar-refractivity contribution in [3.8, 4) is 0 Å². The van der Waals surface area contributed by atoms with Gasteiger partial charge in [-0.1, -0.05) is 46.3 Å². The van der Waals surface area contributed by atoms with Gasteiger partial charge in [0.25, 0.3) is 0 Å². The number of nitrogens with one attached hydrogen (secondary N) is 1. The SMILES string of the molecule is O=C(O)c1ccc(CNC2CCc3ccccc32)c(Br)c1. The van der Waals surface area contributed by atoms with Crippen molar-refractivity contribution in [2.75, 3.05) is 0 Å². The molecule has 4 heteroatoms. The van der Waals surface area contributed by atoms with E-state index in [0.29, 0.717) is 11.6 Å². The van der Waals surface area contributed by atoms with Crippen LogP contribution in [0.2, 0.25) is 0 Å². The Morgan fingerprint density at radius 3 is 2.86 bits per heavy atom. The maximum Gasteiger partial charge on any atom is 0.335 e. The number of hydrogen-bond acceptors (Lipinski definition) is 2. The Hall–Kier alpha value is -1.65. The molecule has 3 rings (SSSR count). The number of carboxylic acids is 1. The van der Waals surface area contributed by atoms with Crippen LogP contribution in [-0.4, -0.2) is 11.1 Å². The average molecular weight is 346 g/mol. The van der Waals surface area contributed by atoms with Crippen LogP contribution in [0.3, 0.4) is 0 Å². The summed E-state index contributed by atoms with van der Waals surface area (Å²) in [4.78, 5) is 10.9. The summed E-state index contributed by atoms with van der Waals surface area (Å²) in [5.41, 5.74) is 4.19. The quantitative estimate of drug-likeness (QED) is 0.882. The number of halogens is 1. The first-order chi connectivity index (χ1) is 10.1. The van der Waals surface area contributed by atoms with Gasteiger partial charge < -0.3 is 10.4 Å². The fourth-order valence-electron chi connectivity index (χ4n) is 2.83. The zero-order valence-corrected chi connectivity index (χ0v) is 13.1. The van der Waals surface area contributed by atoms with Crippen LogP contribution in [0.5, 0.6) is 0 Å². The molecule has 1 aliphatic rings. The summed E-state index contributed by atoms with van der Waals surface area (Å²) in [6, 6.07) is 14.1. The monoisotopic (exact) mass is 345 g/mol. The second kappa shape index (κ2) is 6.00. The average Bonchev–Trinajstić information content (AvgIpc) is 2.89. The van der Waals surface area contributed by atoms with Gasteiger partial charge in [-0.25, -0.2) is 4.79 Å². The van der Waals surface area contributed by atoms with Crippen LogP contribution in [0.1, 0.15) is 39.5 Å². The number of benzene rings is 2. The van der Waals surface area contributed by atoms with Crippen LogP contribution in [0.4, 0.5) is 0 Å². The lowest BCUT2D eigenvalue weighted by Crippen LogP contribution is -2.19. The van der Waals surface area contributed by atoms with Crippen molar-refractivity contribution in [2.24, 2.45) is 0 Å². The van der Waals surface area contributed by atoms with Crippen molar-refractivity contribution in [2.45, 2.75) is 25.4 Å². The van der Waals surface area contributed by atoms with Gasteiger partial charge in [-0.3, -0.25) is 0 Å². The molecule has 0 saturated carbocycles. The highest BCUT2D eigenvalue weighted by Crippen LogP contribution is 2.31. The van der Waals surface area contributed by atoms with E-state index in [2.05, 4.69) is 45.5 Å². The fraction of sp³-hybridized carbons (Fsp3) is 0.235. The normalized spacial score (nSPS) is 16.7. The van der Waals surface area contributed by atoms with Crippen molar-refractivity contribution in [1.82, 2.24) is 5.32 Å². The molecule has 1 aliphatic carbocycles.